The topological polar surface area (TPSA) is 21.3 Å². The molecule has 0 unspecified atom stereocenters. The standard InChI is InChI=1S/C15H16BrNO/c1-12-9-13(16)11-14(10-12)17-7-8-18-15-5-3-2-4-6-15/h2-6,9-11,17H,7-8H2,1H3. The van der Waals surface area contributed by atoms with Gasteiger partial charge in [0.1, 0.15) is 12.4 Å². The maximum atomic E-state index is 5.61. The summed E-state index contributed by atoms with van der Waals surface area (Å²) in [5.74, 6) is 0.907. The molecule has 2 aromatic rings. The Kier molecular flexibility index (Phi) is 4.65. The zero-order chi connectivity index (χ0) is 12.8. The molecule has 0 fully saturated rings. The van der Waals surface area contributed by atoms with Gasteiger partial charge in [-0.1, -0.05) is 34.1 Å². The molecule has 2 aromatic carbocycles. The third-order valence-electron chi connectivity index (χ3n) is 2.49. The van der Waals surface area contributed by atoms with Crippen LogP contribution in [0.2, 0.25) is 0 Å². The number of aryl methyl sites for hydroxylation is 1. The van der Waals surface area contributed by atoms with Crippen LogP contribution in [0, 0.1) is 6.92 Å². The Morgan fingerprint density at radius 1 is 1.11 bits per heavy atom. The summed E-state index contributed by atoms with van der Waals surface area (Å²) in [6.07, 6.45) is 0. The van der Waals surface area contributed by atoms with E-state index in [1.165, 1.54) is 5.56 Å². The summed E-state index contributed by atoms with van der Waals surface area (Å²) in [5.41, 5.74) is 2.34. The first-order valence-electron chi connectivity index (χ1n) is 5.93. The minimum absolute atomic E-state index is 0.648. The summed E-state index contributed by atoms with van der Waals surface area (Å²) in [5, 5.41) is 3.34. The van der Waals surface area contributed by atoms with Crippen LogP contribution >= 0.6 is 15.9 Å². The molecule has 0 bridgehead atoms. The highest BCUT2D eigenvalue weighted by molar-refractivity contribution is 9.10. The Morgan fingerprint density at radius 3 is 2.61 bits per heavy atom. The highest BCUT2D eigenvalue weighted by Gasteiger charge is 1.96. The second-order valence-electron chi connectivity index (χ2n) is 4.11. The summed E-state index contributed by atoms with van der Waals surface area (Å²) in [6.45, 7) is 3.51. The van der Waals surface area contributed by atoms with E-state index < -0.39 is 0 Å². The molecule has 2 nitrogen and oxygen atoms in total. The van der Waals surface area contributed by atoms with Gasteiger partial charge >= 0.3 is 0 Å². The third kappa shape index (κ3) is 4.08. The zero-order valence-corrected chi connectivity index (χ0v) is 11.9. The van der Waals surface area contributed by atoms with Crippen LogP contribution in [0.1, 0.15) is 5.56 Å². The first kappa shape index (κ1) is 13.0. The fourth-order valence-corrected chi connectivity index (χ4v) is 2.33. The molecule has 0 amide bonds. The summed E-state index contributed by atoms with van der Waals surface area (Å²) >= 11 is 3.49. The van der Waals surface area contributed by atoms with Gasteiger partial charge in [-0.2, -0.15) is 0 Å². The number of para-hydroxylation sites is 1. The smallest absolute Gasteiger partial charge is 0.119 e. The van der Waals surface area contributed by atoms with Gasteiger partial charge in [-0.3, -0.25) is 0 Å². The van der Waals surface area contributed by atoms with E-state index in [0.29, 0.717) is 6.61 Å². The van der Waals surface area contributed by atoms with E-state index in [1.54, 1.807) is 0 Å². The Balaban J connectivity index is 1.78. The van der Waals surface area contributed by atoms with E-state index in [2.05, 4.69) is 46.4 Å². The van der Waals surface area contributed by atoms with Crippen LogP contribution in [0.4, 0.5) is 5.69 Å². The average molecular weight is 306 g/mol. The van der Waals surface area contributed by atoms with Crippen molar-refractivity contribution in [1.82, 2.24) is 0 Å². The van der Waals surface area contributed by atoms with Gasteiger partial charge in [0.15, 0.2) is 0 Å². The molecule has 0 aliphatic heterocycles. The molecule has 3 heteroatoms. The third-order valence-corrected chi connectivity index (χ3v) is 2.94. The lowest BCUT2D eigenvalue weighted by Crippen LogP contribution is -2.11. The molecule has 1 N–H and O–H groups in total. The lowest BCUT2D eigenvalue weighted by Gasteiger charge is -2.09. The van der Waals surface area contributed by atoms with Gasteiger partial charge in [0, 0.05) is 16.7 Å². The van der Waals surface area contributed by atoms with Crippen molar-refractivity contribution < 1.29 is 4.74 Å². The Hall–Kier alpha value is -1.48. The van der Waals surface area contributed by atoms with Crippen molar-refractivity contribution in [2.24, 2.45) is 0 Å². The van der Waals surface area contributed by atoms with Crippen molar-refractivity contribution >= 4 is 21.6 Å². The molecular weight excluding hydrogens is 290 g/mol. The van der Waals surface area contributed by atoms with E-state index in [4.69, 9.17) is 4.74 Å². The van der Waals surface area contributed by atoms with E-state index >= 15 is 0 Å². The summed E-state index contributed by atoms with van der Waals surface area (Å²) in [4.78, 5) is 0. The van der Waals surface area contributed by atoms with Crippen molar-refractivity contribution in [2.45, 2.75) is 6.92 Å². The number of hydrogen-bond donors (Lipinski definition) is 1. The monoisotopic (exact) mass is 305 g/mol. The van der Waals surface area contributed by atoms with Gasteiger partial charge in [-0.05, 0) is 42.8 Å². The van der Waals surface area contributed by atoms with Crippen LogP contribution in [0.15, 0.2) is 53.0 Å². The van der Waals surface area contributed by atoms with Crippen LogP contribution in [-0.4, -0.2) is 13.2 Å². The number of hydrogen-bond acceptors (Lipinski definition) is 2. The van der Waals surface area contributed by atoms with Crippen LogP contribution in [-0.2, 0) is 0 Å². The maximum Gasteiger partial charge on any atom is 0.119 e. The van der Waals surface area contributed by atoms with Gasteiger partial charge in [0.05, 0.1) is 0 Å². The largest absolute Gasteiger partial charge is 0.492 e. The van der Waals surface area contributed by atoms with E-state index in [9.17, 15) is 0 Å². The highest BCUT2D eigenvalue weighted by Crippen LogP contribution is 2.18. The average Bonchev–Trinajstić information content (AvgIpc) is 2.35. The van der Waals surface area contributed by atoms with Gasteiger partial charge in [0.25, 0.3) is 0 Å². The molecule has 0 aliphatic carbocycles. The predicted molar refractivity (Wildman–Crippen MR) is 79.3 cm³/mol. The molecule has 18 heavy (non-hydrogen) atoms. The molecule has 0 radical (unpaired) electrons. The fraction of sp³-hybridized carbons (Fsp3) is 0.200. The molecular formula is C15H16BrNO. The number of benzene rings is 2. The predicted octanol–water partition coefficient (Wildman–Crippen LogP) is 4.25. The van der Waals surface area contributed by atoms with Gasteiger partial charge in [-0.15, -0.1) is 0 Å². The van der Waals surface area contributed by atoms with E-state index in [1.807, 2.05) is 30.3 Å². The molecule has 0 heterocycles. The lowest BCUT2D eigenvalue weighted by atomic mass is 10.2. The Morgan fingerprint density at radius 2 is 1.89 bits per heavy atom. The lowest BCUT2D eigenvalue weighted by molar-refractivity contribution is 0.333. The molecule has 0 atom stereocenters. The fourth-order valence-electron chi connectivity index (χ4n) is 1.72. The quantitative estimate of drug-likeness (QED) is 0.834. The second kappa shape index (κ2) is 6.45. The summed E-state index contributed by atoms with van der Waals surface area (Å²) in [7, 11) is 0. The summed E-state index contributed by atoms with van der Waals surface area (Å²) in [6, 6.07) is 16.1. The van der Waals surface area contributed by atoms with Gasteiger partial charge in [-0.25, -0.2) is 0 Å². The first-order chi connectivity index (χ1) is 8.74. The molecule has 0 aromatic heterocycles. The Labute approximate surface area is 116 Å². The molecule has 2 rings (SSSR count). The van der Waals surface area contributed by atoms with Crippen molar-refractivity contribution in [1.29, 1.82) is 0 Å². The number of nitrogens with one attached hydrogen (secondary N) is 1. The van der Waals surface area contributed by atoms with Gasteiger partial charge in [0.2, 0.25) is 0 Å². The first-order valence-corrected chi connectivity index (χ1v) is 6.72. The zero-order valence-electron chi connectivity index (χ0n) is 10.3. The molecule has 0 saturated carbocycles. The van der Waals surface area contributed by atoms with Crippen LogP contribution in [0.25, 0.3) is 0 Å². The maximum absolute atomic E-state index is 5.61. The SMILES string of the molecule is Cc1cc(Br)cc(NCCOc2ccccc2)c1. The van der Waals surface area contributed by atoms with E-state index in [-0.39, 0.29) is 0 Å². The minimum atomic E-state index is 0.648. The van der Waals surface area contributed by atoms with Crippen molar-refractivity contribution in [3.63, 3.8) is 0 Å². The minimum Gasteiger partial charge on any atom is -0.492 e. The summed E-state index contributed by atoms with van der Waals surface area (Å²) < 4.78 is 6.71. The number of rotatable bonds is 5. The normalized spacial score (nSPS) is 10.1. The van der Waals surface area contributed by atoms with Crippen LogP contribution in [0.3, 0.4) is 0 Å². The van der Waals surface area contributed by atoms with Gasteiger partial charge < -0.3 is 10.1 Å². The Bertz CT molecular complexity index is 479. The van der Waals surface area contributed by atoms with E-state index in [0.717, 1.165) is 22.5 Å². The van der Waals surface area contributed by atoms with Crippen LogP contribution in [0.5, 0.6) is 5.75 Å². The molecule has 0 aliphatic rings. The second-order valence-corrected chi connectivity index (χ2v) is 5.02. The number of anilines is 1. The molecule has 0 spiro atoms. The molecule has 0 saturated heterocycles. The number of halogens is 1. The highest BCUT2D eigenvalue weighted by atomic mass is 79.9. The molecule has 94 valence electrons. The van der Waals surface area contributed by atoms with Crippen molar-refractivity contribution in [2.75, 3.05) is 18.5 Å². The van der Waals surface area contributed by atoms with Crippen molar-refractivity contribution in [3.05, 3.63) is 58.6 Å². The van der Waals surface area contributed by atoms with Crippen molar-refractivity contribution in [3.8, 4) is 5.75 Å². The number of ether oxygens (including phenoxy) is 1. The van der Waals surface area contributed by atoms with Crippen LogP contribution < -0.4 is 10.1 Å².